The largest absolute Gasteiger partial charge is 0.481 e. The first-order valence-electron chi connectivity index (χ1n) is 7.91. The number of aliphatic carboxylic acids is 3. The molecule has 0 aliphatic rings. The molecule has 15 nitrogen and oxygen atoms in total. The number of carbonyl (C=O) groups is 7. The van der Waals surface area contributed by atoms with E-state index in [-0.39, 0.29) is 0 Å². The SMILES string of the molecule is NC(=O)CC(N)C(=O)NC(CC(=O)O)C(=O)NCC(=O)NC(CC(=O)O)C(=O)O. The predicted octanol–water partition coefficient (Wildman–Crippen LogP) is -4.69. The first-order valence-corrected chi connectivity index (χ1v) is 7.91. The summed E-state index contributed by atoms with van der Waals surface area (Å²) in [4.78, 5) is 78.6. The Balaban J connectivity index is 4.89. The van der Waals surface area contributed by atoms with Crippen LogP contribution in [0.5, 0.6) is 0 Å². The summed E-state index contributed by atoms with van der Waals surface area (Å²) in [5.74, 6) is -8.72. The quantitative estimate of drug-likeness (QED) is 0.140. The minimum absolute atomic E-state index is 0.560. The number of hydrogen-bond acceptors (Lipinski definition) is 8. The maximum absolute atomic E-state index is 12.0. The van der Waals surface area contributed by atoms with Crippen LogP contribution in [0, 0.1) is 0 Å². The maximum Gasteiger partial charge on any atom is 0.326 e. The molecule has 162 valence electrons. The summed E-state index contributed by atoms with van der Waals surface area (Å²) in [6.07, 6.45) is -2.36. The van der Waals surface area contributed by atoms with Crippen molar-refractivity contribution in [1.29, 1.82) is 0 Å². The van der Waals surface area contributed by atoms with Crippen LogP contribution in [-0.2, 0) is 33.6 Å². The van der Waals surface area contributed by atoms with Crippen LogP contribution in [-0.4, -0.2) is 81.5 Å². The van der Waals surface area contributed by atoms with Gasteiger partial charge in [0.25, 0.3) is 0 Å². The molecule has 0 aromatic carbocycles. The highest BCUT2D eigenvalue weighted by molar-refractivity contribution is 5.95. The molecule has 0 aromatic heterocycles. The summed E-state index contributed by atoms with van der Waals surface area (Å²) < 4.78 is 0. The summed E-state index contributed by atoms with van der Waals surface area (Å²) in [5, 5.41) is 32.1. The molecule has 0 saturated heterocycles. The molecular formula is C14H21N5O10. The highest BCUT2D eigenvalue weighted by Crippen LogP contribution is 1.97. The van der Waals surface area contributed by atoms with Crippen molar-refractivity contribution in [2.45, 2.75) is 37.4 Å². The van der Waals surface area contributed by atoms with Gasteiger partial charge in [0.2, 0.25) is 23.6 Å². The van der Waals surface area contributed by atoms with Crippen molar-refractivity contribution in [2.24, 2.45) is 11.5 Å². The van der Waals surface area contributed by atoms with E-state index in [9.17, 15) is 33.6 Å². The molecule has 0 aliphatic carbocycles. The van der Waals surface area contributed by atoms with Crippen molar-refractivity contribution >= 4 is 41.5 Å². The van der Waals surface area contributed by atoms with Crippen LogP contribution in [0.2, 0.25) is 0 Å². The van der Waals surface area contributed by atoms with Gasteiger partial charge in [-0.05, 0) is 0 Å². The maximum atomic E-state index is 12.0. The Kier molecular flexibility index (Phi) is 10.3. The van der Waals surface area contributed by atoms with Gasteiger partial charge >= 0.3 is 17.9 Å². The van der Waals surface area contributed by atoms with Crippen LogP contribution in [0.4, 0.5) is 0 Å². The Bertz CT molecular complexity index is 694. The normalized spacial score (nSPS) is 13.3. The number of carboxylic acid groups (broad SMARTS) is 3. The van der Waals surface area contributed by atoms with Crippen LogP contribution in [0.25, 0.3) is 0 Å². The molecule has 15 heteroatoms. The fraction of sp³-hybridized carbons (Fsp3) is 0.500. The third kappa shape index (κ3) is 10.9. The Labute approximate surface area is 162 Å². The first kappa shape index (κ1) is 25.2. The van der Waals surface area contributed by atoms with Gasteiger partial charge in [-0.15, -0.1) is 0 Å². The highest BCUT2D eigenvalue weighted by atomic mass is 16.4. The van der Waals surface area contributed by atoms with Crippen molar-refractivity contribution in [2.75, 3.05) is 6.54 Å². The number of nitrogens with one attached hydrogen (secondary N) is 3. The Morgan fingerprint density at radius 2 is 1.28 bits per heavy atom. The molecule has 0 saturated carbocycles. The molecule has 0 spiro atoms. The molecule has 3 atom stereocenters. The molecule has 0 aliphatic heterocycles. The van der Waals surface area contributed by atoms with Crippen LogP contribution < -0.4 is 27.4 Å². The van der Waals surface area contributed by atoms with E-state index in [0.717, 1.165) is 0 Å². The average Bonchev–Trinajstić information content (AvgIpc) is 2.56. The number of rotatable bonds is 13. The number of carbonyl (C=O) groups excluding carboxylic acids is 4. The van der Waals surface area contributed by atoms with Gasteiger partial charge in [0, 0.05) is 0 Å². The third-order valence-corrected chi connectivity index (χ3v) is 3.20. The number of carboxylic acids is 3. The summed E-state index contributed by atoms with van der Waals surface area (Å²) in [5.41, 5.74) is 10.3. The second kappa shape index (κ2) is 11.9. The molecule has 0 heterocycles. The zero-order valence-corrected chi connectivity index (χ0v) is 14.9. The Morgan fingerprint density at radius 3 is 1.72 bits per heavy atom. The average molecular weight is 419 g/mol. The third-order valence-electron chi connectivity index (χ3n) is 3.20. The fourth-order valence-corrected chi connectivity index (χ4v) is 1.88. The lowest BCUT2D eigenvalue weighted by Gasteiger charge is -2.19. The van der Waals surface area contributed by atoms with E-state index in [2.05, 4.69) is 0 Å². The molecule has 0 aromatic rings. The van der Waals surface area contributed by atoms with Gasteiger partial charge in [-0.1, -0.05) is 0 Å². The first-order chi connectivity index (χ1) is 13.3. The topological polar surface area (TPSA) is 268 Å². The molecule has 4 amide bonds. The molecule has 0 radical (unpaired) electrons. The van der Waals surface area contributed by atoms with Gasteiger partial charge in [0.15, 0.2) is 0 Å². The van der Waals surface area contributed by atoms with Gasteiger partial charge in [0.1, 0.15) is 12.1 Å². The van der Waals surface area contributed by atoms with Gasteiger partial charge in [-0.25, -0.2) is 4.79 Å². The number of amides is 4. The van der Waals surface area contributed by atoms with E-state index in [1.807, 2.05) is 16.0 Å². The lowest BCUT2D eigenvalue weighted by atomic mass is 10.1. The minimum atomic E-state index is -1.75. The summed E-state index contributed by atoms with van der Waals surface area (Å²) in [7, 11) is 0. The van der Waals surface area contributed by atoms with E-state index < -0.39 is 85.5 Å². The van der Waals surface area contributed by atoms with Gasteiger partial charge < -0.3 is 42.7 Å². The molecular weight excluding hydrogens is 398 g/mol. The smallest absolute Gasteiger partial charge is 0.326 e. The van der Waals surface area contributed by atoms with E-state index >= 15 is 0 Å². The molecule has 3 unspecified atom stereocenters. The monoisotopic (exact) mass is 419 g/mol. The van der Waals surface area contributed by atoms with Gasteiger partial charge in [-0.2, -0.15) is 0 Å². The second-order valence-corrected chi connectivity index (χ2v) is 5.71. The molecule has 10 N–H and O–H groups in total. The van der Waals surface area contributed by atoms with Crippen molar-refractivity contribution in [3.8, 4) is 0 Å². The van der Waals surface area contributed by atoms with Crippen LogP contribution >= 0.6 is 0 Å². The van der Waals surface area contributed by atoms with Crippen LogP contribution in [0.3, 0.4) is 0 Å². The number of nitrogens with two attached hydrogens (primary N) is 2. The van der Waals surface area contributed by atoms with Crippen LogP contribution in [0.1, 0.15) is 19.3 Å². The minimum Gasteiger partial charge on any atom is -0.481 e. The van der Waals surface area contributed by atoms with Crippen molar-refractivity contribution in [1.82, 2.24) is 16.0 Å². The molecule has 0 rings (SSSR count). The summed E-state index contributed by atoms with van der Waals surface area (Å²) >= 11 is 0. The molecule has 0 bridgehead atoms. The molecule has 0 fully saturated rings. The lowest BCUT2D eigenvalue weighted by molar-refractivity contribution is -0.147. The van der Waals surface area contributed by atoms with Crippen molar-refractivity contribution in [3.63, 3.8) is 0 Å². The van der Waals surface area contributed by atoms with E-state index in [1.54, 1.807) is 0 Å². The Hall–Kier alpha value is -3.75. The number of primary amides is 1. The summed E-state index contributed by atoms with van der Waals surface area (Å²) in [6.45, 7) is -0.832. The standard InChI is InChI=1S/C14H21N5O10/c15-5(1-8(16)20)12(26)19-6(2-10(22)23)13(27)17-4-9(21)18-7(14(28)29)3-11(24)25/h5-7H,1-4,15H2,(H2,16,20)(H,17,27)(H,18,21)(H,19,26)(H,22,23)(H,24,25)(H,28,29). The van der Waals surface area contributed by atoms with Crippen molar-refractivity contribution < 1.29 is 48.9 Å². The fourth-order valence-electron chi connectivity index (χ4n) is 1.88. The lowest BCUT2D eigenvalue weighted by Crippen LogP contribution is -2.54. The predicted molar refractivity (Wildman–Crippen MR) is 90.8 cm³/mol. The van der Waals surface area contributed by atoms with E-state index in [1.165, 1.54) is 0 Å². The zero-order chi connectivity index (χ0) is 22.7. The van der Waals surface area contributed by atoms with Crippen LogP contribution in [0.15, 0.2) is 0 Å². The van der Waals surface area contributed by atoms with Gasteiger partial charge in [-0.3, -0.25) is 28.8 Å². The molecule has 29 heavy (non-hydrogen) atoms. The Morgan fingerprint density at radius 1 is 0.759 bits per heavy atom. The van der Waals surface area contributed by atoms with E-state index in [0.29, 0.717) is 0 Å². The van der Waals surface area contributed by atoms with Gasteiger partial charge in [0.05, 0.1) is 31.8 Å². The number of hydrogen-bond donors (Lipinski definition) is 8. The highest BCUT2D eigenvalue weighted by Gasteiger charge is 2.28. The zero-order valence-electron chi connectivity index (χ0n) is 14.9. The van der Waals surface area contributed by atoms with Crippen molar-refractivity contribution in [3.05, 3.63) is 0 Å². The second-order valence-electron chi connectivity index (χ2n) is 5.71. The summed E-state index contributed by atoms with van der Waals surface area (Å²) in [6, 6.07) is -4.86. The van der Waals surface area contributed by atoms with E-state index in [4.69, 9.17) is 26.8 Å².